The molecule has 0 heterocycles. The summed E-state index contributed by atoms with van der Waals surface area (Å²) < 4.78 is 0. The average Bonchev–Trinajstić information content (AvgIpc) is 2.33. The van der Waals surface area contributed by atoms with Gasteiger partial charge in [0.05, 0.1) is 24.0 Å². The van der Waals surface area contributed by atoms with Gasteiger partial charge in [0.2, 0.25) is 0 Å². The first-order chi connectivity index (χ1) is 4.38. The average molecular weight is 120 g/mol. The zero-order chi connectivity index (χ0) is 6.69. The summed E-state index contributed by atoms with van der Waals surface area (Å²) in [4.78, 5) is 0. The van der Waals surface area contributed by atoms with Crippen molar-refractivity contribution in [3.63, 3.8) is 0 Å². The summed E-state index contributed by atoms with van der Waals surface area (Å²) >= 11 is 0. The summed E-state index contributed by atoms with van der Waals surface area (Å²) in [5.74, 6) is 0.0463. The molecule has 1 fully saturated rings. The van der Waals surface area contributed by atoms with Crippen LogP contribution >= 0.6 is 0 Å². The predicted octanol–water partition coefficient (Wildman–Crippen LogP) is 1.45. The molecule has 0 N–H and O–H groups in total. The van der Waals surface area contributed by atoms with Gasteiger partial charge in [-0.25, -0.2) is 0 Å². The van der Waals surface area contributed by atoms with Gasteiger partial charge in [0.15, 0.2) is 0 Å². The van der Waals surface area contributed by atoms with Crippen LogP contribution in [0.3, 0.4) is 0 Å². The van der Waals surface area contributed by atoms with Crippen LogP contribution in [0.2, 0.25) is 0 Å². The second-order valence-corrected chi connectivity index (χ2v) is 2.40. The van der Waals surface area contributed by atoms with E-state index in [1.807, 2.05) is 0 Å². The van der Waals surface area contributed by atoms with E-state index in [-0.39, 0.29) is 11.8 Å². The fourth-order valence-corrected chi connectivity index (χ4v) is 1.27. The van der Waals surface area contributed by atoms with Gasteiger partial charge in [0.1, 0.15) is 0 Å². The maximum Gasteiger partial charge on any atom is 0.0669 e. The highest BCUT2D eigenvalue weighted by molar-refractivity contribution is 5.01. The van der Waals surface area contributed by atoms with Gasteiger partial charge in [-0.15, -0.1) is 0 Å². The first kappa shape index (κ1) is 6.11. The SMILES string of the molecule is N#C[C@@H]1CCC[C@@H]1C#N. The summed E-state index contributed by atoms with van der Waals surface area (Å²) in [5.41, 5.74) is 0. The molecular formula is C7H8N2. The van der Waals surface area contributed by atoms with Crippen molar-refractivity contribution in [1.82, 2.24) is 0 Å². The number of nitrogens with zero attached hydrogens (tertiary/aromatic N) is 2. The third-order valence-electron chi connectivity index (χ3n) is 1.85. The molecule has 2 nitrogen and oxygen atoms in total. The minimum atomic E-state index is 0.0231. The van der Waals surface area contributed by atoms with Crippen LogP contribution in [0.25, 0.3) is 0 Å². The molecular weight excluding hydrogens is 112 g/mol. The van der Waals surface area contributed by atoms with Gasteiger partial charge in [-0.2, -0.15) is 10.5 Å². The summed E-state index contributed by atoms with van der Waals surface area (Å²) in [6.07, 6.45) is 2.90. The molecule has 46 valence electrons. The van der Waals surface area contributed by atoms with E-state index in [9.17, 15) is 0 Å². The summed E-state index contributed by atoms with van der Waals surface area (Å²) in [5, 5.41) is 16.9. The summed E-state index contributed by atoms with van der Waals surface area (Å²) in [6.45, 7) is 0. The van der Waals surface area contributed by atoms with E-state index in [2.05, 4.69) is 12.1 Å². The third kappa shape index (κ3) is 1.03. The van der Waals surface area contributed by atoms with E-state index < -0.39 is 0 Å². The lowest BCUT2D eigenvalue weighted by atomic mass is 10.00. The minimum Gasteiger partial charge on any atom is -0.198 e. The van der Waals surface area contributed by atoms with Gasteiger partial charge in [-0.3, -0.25) is 0 Å². The zero-order valence-electron chi connectivity index (χ0n) is 5.17. The molecule has 0 spiro atoms. The van der Waals surface area contributed by atoms with Crippen molar-refractivity contribution in [2.24, 2.45) is 11.8 Å². The van der Waals surface area contributed by atoms with Gasteiger partial charge in [-0.1, -0.05) is 6.42 Å². The van der Waals surface area contributed by atoms with Crippen LogP contribution < -0.4 is 0 Å². The lowest BCUT2D eigenvalue weighted by Crippen LogP contribution is -2.01. The molecule has 0 radical (unpaired) electrons. The van der Waals surface area contributed by atoms with E-state index >= 15 is 0 Å². The van der Waals surface area contributed by atoms with E-state index in [0.717, 1.165) is 19.3 Å². The van der Waals surface area contributed by atoms with Gasteiger partial charge in [-0.05, 0) is 12.8 Å². The van der Waals surface area contributed by atoms with Gasteiger partial charge in [0.25, 0.3) is 0 Å². The van der Waals surface area contributed by atoms with Crippen molar-refractivity contribution in [2.75, 3.05) is 0 Å². The molecule has 0 aromatic rings. The molecule has 1 aliphatic carbocycles. The van der Waals surface area contributed by atoms with Crippen molar-refractivity contribution in [2.45, 2.75) is 19.3 Å². The van der Waals surface area contributed by atoms with Crippen LogP contribution in [0, 0.1) is 34.5 Å². The Kier molecular flexibility index (Phi) is 1.70. The molecule has 0 saturated heterocycles. The highest BCUT2D eigenvalue weighted by Gasteiger charge is 2.26. The molecule has 9 heavy (non-hydrogen) atoms. The Balaban J connectivity index is 2.57. The molecule has 1 aliphatic rings. The highest BCUT2D eigenvalue weighted by Crippen LogP contribution is 2.29. The van der Waals surface area contributed by atoms with Crippen LogP contribution in [-0.2, 0) is 0 Å². The van der Waals surface area contributed by atoms with E-state index in [4.69, 9.17) is 10.5 Å². The molecule has 0 aliphatic heterocycles. The van der Waals surface area contributed by atoms with Gasteiger partial charge in [0, 0.05) is 0 Å². The quantitative estimate of drug-likeness (QED) is 0.485. The number of hydrogen-bond donors (Lipinski definition) is 0. The number of hydrogen-bond acceptors (Lipinski definition) is 2. The Hall–Kier alpha value is -1.02. The minimum absolute atomic E-state index is 0.0231. The van der Waals surface area contributed by atoms with E-state index in [0.29, 0.717) is 0 Å². The summed E-state index contributed by atoms with van der Waals surface area (Å²) in [7, 11) is 0. The Bertz CT molecular complexity index is 152. The lowest BCUT2D eigenvalue weighted by Gasteiger charge is -1.99. The maximum atomic E-state index is 8.47. The monoisotopic (exact) mass is 120 g/mol. The fraction of sp³-hybridized carbons (Fsp3) is 0.714. The van der Waals surface area contributed by atoms with E-state index in [1.165, 1.54) is 0 Å². The standard InChI is InChI=1S/C7H8N2/c8-4-6-2-1-3-7(6)5-9/h6-7H,1-3H2/t6-,7+. The second kappa shape index (κ2) is 2.51. The highest BCUT2D eigenvalue weighted by atomic mass is 14.4. The molecule has 2 heteroatoms. The van der Waals surface area contributed by atoms with Gasteiger partial charge < -0.3 is 0 Å². The normalized spacial score (nSPS) is 33.1. The molecule has 1 saturated carbocycles. The Morgan fingerprint density at radius 3 is 1.78 bits per heavy atom. The number of rotatable bonds is 0. The smallest absolute Gasteiger partial charge is 0.0669 e. The molecule has 0 aromatic heterocycles. The zero-order valence-corrected chi connectivity index (χ0v) is 5.17. The molecule has 1 rings (SSSR count). The van der Waals surface area contributed by atoms with E-state index in [1.54, 1.807) is 0 Å². The maximum absolute atomic E-state index is 8.47. The Morgan fingerprint density at radius 1 is 1.00 bits per heavy atom. The molecule has 0 amide bonds. The van der Waals surface area contributed by atoms with Crippen LogP contribution in [-0.4, -0.2) is 0 Å². The molecule has 0 aromatic carbocycles. The topological polar surface area (TPSA) is 47.6 Å². The Morgan fingerprint density at radius 2 is 1.44 bits per heavy atom. The first-order valence-electron chi connectivity index (χ1n) is 3.17. The largest absolute Gasteiger partial charge is 0.198 e. The Labute approximate surface area is 54.7 Å². The third-order valence-corrected chi connectivity index (χ3v) is 1.85. The molecule has 0 unspecified atom stereocenters. The fourth-order valence-electron chi connectivity index (χ4n) is 1.27. The van der Waals surface area contributed by atoms with Crippen molar-refractivity contribution < 1.29 is 0 Å². The van der Waals surface area contributed by atoms with Crippen LogP contribution in [0.1, 0.15) is 19.3 Å². The van der Waals surface area contributed by atoms with Crippen LogP contribution in [0.15, 0.2) is 0 Å². The van der Waals surface area contributed by atoms with Crippen molar-refractivity contribution in [3.8, 4) is 12.1 Å². The molecule has 0 bridgehead atoms. The van der Waals surface area contributed by atoms with Gasteiger partial charge >= 0.3 is 0 Å². The van der Waals surface area contributed by atoms with Crippen LogP contribution in [0.5, 0.6) is 0 Å². The van der Waals surface area contributed by atoms with Crippen molar-refractivity contribution in [1.29, 1.82) is 10.5 Å². The lowest BCUT2D eigenvalue weighted by molar-refractivity contribution is 0.582. The second-order valence-electron chi connectivity index (χ2n) is 2.40. The first-order valence-corrected chi connectivity index (χ1v) is 3.17. The number of nitriles is 2. The summed E-state index contributed by atoms with van der Waals surface area (Å²) in [6, 6.07) is 4.28. The van der Waals surface area contributed by atoms with Crippen LogP contribution in [0.4, 0.5) is 0 Å². The molecule has 2 atom stereocenters. The van der Waals surface area contributed by atoms with Crippen molar-refractivity contribution >= 4 is 0 Å². The van der Waals surface area contributed by atoms with Crippen molar-refractivity contribution in [3.05, 3.63) is 0 Å². The predicted molar refractivity (Wildman–Crippen MR) is 32.1 cm³/mol.